The average Bonchev–Trinajstić information content (AvgIpc) is 2.51. The molecule has 0 aliphatic carbocycles. The number of nitriles is 1. The second-order valence-electron chi connectivity index (χ2n) is 5.38. The highest BCUT2D eigenvalue weighted by molar-refractivity contribution is 6.02. The van der Waals surface area contributed by atoms with Crippen LogP contribution >= 0.6 is 0 Å². The van der Waals surface area contributed by atoms with E-state index in [-0.39, 0.29) is 12.4 Å². The summed E-state index contributed by atoms with van der Waals surface area (Å²) in [6.07, 6.45) is 0.238. The van der Waals surface area contributed by atoms with Crippen LogP contribution in [-0.4, -0.2) is 54.6 Å². The van der Waals surface area contributed by atoms with E-state index in [4.69, 9.17) is 14.7 Å². The Labute approximate surface area is 127 Å². The summed E-state index contributed by atoms with van der Waals surface area (Å²) in [5, 5.41) is 9.07. The van der Waals surface area contributed by atoms with Crippen LogP contribution in [0.1, 0.15) is 13.8 Å². The molecule has 8 nitrogen and oxygen atoms in total. The second-order valence-corrected chi connectivity index (χ2v) is 5.38. The fourth-order valence-electron chi connectivity index (χ4n) is 2.87. The zero-order valence-corrected chi connectivity index (χ0v) is 12.8. The molecule has 0 radical (unpaired) electrons. The monoisotopic (exact) mass is 307 g/mol. The summed E-state index contributed by atoms with van der Waals surface area (Å²) in [5.41, 5.74) is -1.36. The predicted octanol–water partition coefficient (Wildman–Crippen LogP) is 0.460. The number of allylic oxidation sites excluding steroid dienone is 1. The van der Waals surface area contributed by atoms with Crippen molar-refractivity contribution in [2.45, 2.75) is 20.1 Å². The van der Waals surface area contributed by atoms with Crippen LogP contribution in [-0.2, 0) is 19.1 Å². The van der Waals surface area contributed by atoms with Crippen molar-refractivity contribution >= 4 is 17.9 Å². The highest BCUT2D eigenvalue weighted by atomic mass is 16.5. The molecule has 2 heterocycles. The van der Waals surface area contributed by atoms with Crippen molar-refractivity contribution in [3.63, 3.8) is 0 Å². The number of rotatable bonds is 2. The van der Waals surface area contributed by atoms with Gasteiger partial charge in [-0.05, 0) is 19.9 Å². The SMILES string of the molecule is CCOC(=O)[C@@H]1C=C(C#N)O[C@@H]2N(C)C(=O)N(C)C(=O)[C@]21C. The summed E-state index contributed by atoms with van der Waals surface area (Å²) in [7, 11) is 2.80. The average molecular weight is 307 g/mol. The van der Waals surface area contributed by atoms with Gasteiger partial charge in [-0.3, -0.25) is 19.4 Å². The van der Waals surface area contributed by atoms with Crippen molar-refractivity contribution in [3.05, 3.63) is 11.8 Å². The lowest BCUT2D eigenvalue weighted by Gasteiger charge is -2.50. The summed E-state index contributed by atoms with van der Waals surface area (Å²) >= 11 is 0. The Balaban J connectivity index is 2.57. The van der Waals surface area contributed by atoms with E-state index in [1.54, 1.807) is 6.92 Å². The highest BCUT2D eigenvalue weighted by Crippen LogP contribution is 2.45. The Hall–Kier alpha value is -2.56. The van der Waals surface area contributed by atoms with Gasteiger partial charge in [-0.1, -0.05) is 0 Å². The van der Waals surface area contributed by atoms with Crippen LogP contribution in [0.3, 0.4) is 0 Å². The number of imide groups is 1. The number of hydrogen-bond acceptors (Lipinski definition) is 6. The number of fused-ring (bicyclic) bond motifs is 1. The van der Waals surface area contributed by atoms with Crippen molar-refractivity contribution in [3.8, 4) is 6.07 Å². The van der Waals surface area contributed by atoms with Gasteiger partial charge in [-0.25, -0.2) is 4.79 Å². The summed E-state index contributed by atoms with van der Waals surface area (Å²) in [6, 6.07) is 1.25. The summed E-state index contributed by atoms with van der Waals surface area (Å²) in [4.78, 5) is 39.1. The number of urea groups is 1. The van der Waals surface area contributed by atoms with Gasteiger partial charge in [-0.2, -0.15) is 5.26 Å². The zero-order chi connectivity index (χ0) is 16.7. The number of esters is 1. The van der Waals surface area contributed by atoms with Crippen LogP contribution in [0.15, 0.2) is 11.8 Å². The van der Waals surface area contributed by atoms with Gasteiger partial charge >= 0.3 is 12.0 Å². The maximum Gasteiger partial charge on any atom is 0.329 e. The molecule has 118 valence electrons. The van der Waals surface area contributed by atoms with E-state index in [0.29, 0.717) is 0 Å². The molecular weight excluding hydrogens is 290 g/mol. The van der Waals surface area contributed by atoms with Gasteiger partial charge < -0.3 is 9.47 Å². The molecule has 0 bridgehead atoms. The molecule has 2 rings (SSSR count). The van der Waals surface area contributed by atoms with Crippen LogP contribution in [0.4, 0.5) is 4.79 Å². The fraction of sp³-hybridized carbons (Fsp3) is 0.571. The predicted molar refractivity (Wildman–Crippen MR) is 72.7 cm³/mol. The Morgan fingerprint density at radius 3 is 2.68 bits per heavy atom. The first kappa shape index (κ1) is 15.8. The maximum absolute atomic E-state index is 12.6. The standard InChI is InChI=1S/C14H17N3O5/c1-5-21-10(18)9-6-8(7-15)22-12-14(9,2)11(19)16(3)13(20)17(12)4/h6,9,12H,5H2,1-4H3/t9-,12-,14+/m0/s1. The van der Waals surface area contributed by atoms with E-state index in [1.165, 1.54) is 32.0 Å². The highest BCUT2D eigenvalue weighted by Gasteiger charge is 2.62. The lowest BCUT2D eigenvalue weighted by molar-refractivity contribution is -0.183. The number of carbonyl (C=O) groups is 3. The minimum absolute atomic E-state index is 0.113. The van der Waals surface area contributed by atoms with Crippen LogP contribution in [0.2, 0.25) is 0 Å². The molecule has 0 unspecified atom stereocenters. The molecule has 1 saturated heterocycles. The van der Waals surface area contributed by atoms with Crippen LogP contribution in [0.25, 0.3) is 0 Å². The van der Waals surface area contributed by atoms with E-state index >= 15 is 0 Å². The number of hydrogen-bond donors (Lipinski definition) is 0. The largest absolute Gasteiger partial charge is 0.466 e. The Morgan fingerprint density at radius 1 is 1.50 bits per heavy atom. The second kappa shape index (κ2) is 5.33. The van der Waals surface area contributed by atoms with Gasteiger partial charge in [0.1, 0.15) is 11.5 Å². The van der Waals surface area contributed by atoms with Gasteiger partial charge in [-0.15, -0.1) is 0 Å². The van der Waals surface area contributed by atoms with Gasteiger partial charge in [0, 0.05) is 14.1 Å². The molecular formula is C14H17N3O5. The number of amides is 3. The molecule has 2 aliphatic rings. The van der Waals surface area contributed by atoms with Gasteiger partial charge in [0.25, 0.3) is 0 Å². The normalized spacial score (nSPS) is 31.0. The third-order valence-corrected chi connectivity index (χ3v) is 4.07. The third kappa shape index (κ3) is 2.01. The van der Waals surface area contributed by atoms with Gasteiger partial charge in [0.05, 0.1) is 12.5 Å². The van der Waals surface area contributed by atoms with Crippen LogP contribution in [0, 0.1) is 22.7 Å². The molecule has 8 heteroatoms. The number of carbonyl (C=O) groups excluding carboxylic acids is 3. The molecule has 1 fully saturated rings. The van der Waals surface area contributed by atoms with Crippen molar-refractivity contribution in [2.24, 2.45) is 11.3 Å². The lowest BCUT2D eigenvalue weighted by atomic mass is 9.71. The topological polar surface area (TPSA) is 99.9 Å². The molecule has 0 aromatic carbocycles. The molecule has 0 spiro atoms. The van der Waals surface area contributed by atoms with Crippen molar-refractivity contribution in [1.82, 2.24) is 9.80 Å². The summed E-state index contributed by atoms with van der Waals surface area (Å²) in [5.74, 6) is -2.30. The number of ether oxygens (including phenoxy) is 2. The van der Waals surface area contributed by atoms with E-state index in [9.17, 15) is 14.4 Å². The molecule has 0 aromatic heterocycles. The van der Waals surface area contributed by atoms with E-state index in [0.717, 1.165) is 4.90 Å². The quantitative estimate of drug-likeness (QED) is 0.687. The molecule has 3 atom stereocenters. The third-order valence-electron chi connectivity index (χ3n) is 4.07. The van der Waals surface area contributed by atoms with E-state index in [1.807, 2.05) is 6.07 Å². The summed E-state index contributed by atoms with van der Waals surface area (Å²) in [6.45, 7) is 3.33. The molecule has 0 N–H and O–H groups in total. The zero-order valence-electron chi connectivity index (χ0n) is 12.8. The van der Waals surface area contributed by atoms with Gasteiger partial charge in [0.2, 0.25) is 5.91 Å². The molecule has 2 aliphatic heterocycles. The fourth-order valence-corrected chi connectivity index (χ4v) is 2.87. The summed E-state index contributed by atoms with van der Waals surface area (Å²) < 4.78 is 10.5. The molecule has 0 aromatic rings. The number of nitrogens with zero attached hydrogens (tertiary/aromatic N) is 3. The minimum atomic E-state index is -1.36. The van der Waals surface area contributed by atoms with Crippen molar-refractivity contribution in [1.29, 1.82) is 5.26 Å². The smallest absolute Gasteiger partial charge is 0.329 e. The first-order valence-corrected chi connectivity index (χ1v) is 6.79. The minimum Gasteiger partial charge on any atom is -0.466 e. The van der Waals surface area contributed by atoms with Crippen molar-refractivity contribution < 1.29 is 23.9 Å². The van der Waals surface area contributed by atoms with E-state index in [2.05, 4.69) is 0 Å². The van der Waals surface area contributed by atoms with E-state index < -0.39 is 35.5 Å². The molecule has 0 saturated carbocycles. The lowest BCUT2D eigenvalue weighted by Crippen LogP contribution is -2.68. The maximum atomic E-state index is 12.6. The Morgan fingerprint density at radius 2 is 2.14 bits per heavy atom. The van der Waals surface area contributed by atoms with Gasteiger partial charge in [0.15, 0.2) is 12.0 Å². The Kier molecular flexibility index (Phi) is 3.83. The van der Waals surface area contributed by atoms with Crippen molar-refractivity contribution in [2.75, 3.05) is 20.7 Å². The Bertz CT molecular complexity index is 608. The first-order chi connectivity index (χ1) is 10.3. The van der Waals surface area contributed by atoms with Crippen LogP contribution < -0.4 is 0 Å². The van der Waals surface area contributed by atoms with Crippen LogP contribution in [0.5, 0.6) is 0 Å². The first-order valence-electron chi connectivity index (χ1n) is 6.79. The molecule has 22 heavy (non-hydrogen) atoms. The molecule has 3 amide bonds.